The molecule has 0 bridgehead atoms. The number of hydrogen-bond acceptors (Lipinski definition) is 5. The van der Waals surface area contributed by atoms with Gasteiger partial charge in [-0.15, -0.1) is 0 Å². The average Bonchev–Trinajstić information content (AvgIpc) is 3.14. The molecule has 0 unspecified atom stereocenters. The van der Waals surface area contributed by atoms with Gasteiger partial charge in [-0.3, -0.25) is 10.2 Å². The highest BCUT2D eigenvalue weighted by Crippen LogP contribution is 2.29. The highest BCUT2D eigenvalue weighted by molar-refractivity contribution is 8.26. The maximum absolute atomic E-state index is 12.4. The number of nitrogens with zero attached hydrogens (tertiary/aromatic N) is 3. The Kier molecular flexibility index (Phi) is 5.08. The summed E-state index contributed by atoms with van der Waals surface area (Å²) in [5, 5.41) is 15.4. The summed E-state index contributed by atoms with van der Waals surface area (Å²) in [4.78, 5) is 16.4. The van der Waals surface area contributed by atoms with E-state index < -0.39 is 5.91 Å². The lowest BCUT2D eigenvalue weighted by atomic mass is 10.1. The molecule has 2 aliphatic rings. The molecule has 1 N–H and O–H groups in total. The molecule has 2 heterocycles. The van der Waals surface area contributed by atoms with Crippen molar-refractivity contribution in [3.8, 4) is 5.75 Å². The summed E-state index contributed by atoms with van der Waals surface area (Å²) >= 11 is 1.34. The van der Waals surface area contributed by atoms with Gasteiger partial charge in [0.15, 0.2) is 5.84 Å². The number of hydrazone groups is 1. The highest BCUT2D eigenvalue weighted by Gasteiger charge is 2.34. The van der Waals surface area contributed by atoms with Gasteiger partial charge in [-0.2, -0.15) is 15.1 Å². The molecule has 0 radical (unpaired) electrons. The third-order valence-electron chi connectivity index (χ3n) is 4.24. The lowest BCUT2D eigenvalue weighted by Crippen LogP contribution is -2.35. The zero-order valence-corrected chi connectivity index (χ0v) is 16.1. The predicted octanol–water partition coefficient (Wildman–Crippen LogP) is 4.29. The van der Waals surface area contributed by atoms with Gasteiger partial charge >= 0.3 is 0 Å². The van der Waals surface area contributed by atoms with Crippen molar-refractivity contribution in [2.75, 3.05) is 0 Å². The Morgan fingerprint density at radius 1 is 1.14 bits per heavy atom. The van der Waals surface area contributed by atoms with E-state index in [1.165, 1.54) is 16.8 Å². The van der Waals surface area contributed by atoms with Crippen molar-refractivity contribution < 1.29 is 9.53 Å². The van der Waals surface area contributed by atoms with Crippen molar-refractivity contribution in [1.82, 2.24) is 5.01 Å². The van der Waals surface area contributed by atoms with E-state index in [0.717, 1.165) is 28.3 Å². The summed E-state index contributed by atoms with van der Waals surface area (Å²) in [7, 11) is 0. The maximum Gasteiger partial charge on any atom is 0.283 e. The molecule has 0 atom stereocenters. The van der Waals surface area contributed by atoms with Crippen molar-refractivity contribution >= 4 is 39.8 Å². The molecule has 28 heavy (non-hydrogen) atoms. The molecule has 1 amide bonds. The second-order valence-electron chi connectivity index (χ2n) is 6.21. The first-order valence-corrected chi connectivity index (χ1v) is 9.71. The molecular weight excluding hydrogens is 372 g/mol. The molecule has 2 aliphatic heterocycles. The molecule has 0 spiro atoms. The van der Waals surface area contributed by atoms with E-state index in [0.29, 0.717) is 11.8 Å². The van der Waals surface area contributed by atoms with E-state index in [1.54, 1.807) is 6.08 Å². The van der Waals surface area contributed by atoms with E-state index in [9.17, 15) is 4.79 Å². The molecule has 0 aromatic heterocycles. The Morgan fingerprint density at radius 2 is 1.89 bits per heavy atom. The molecule has 0 saturated heterocycles. The molecule has 2 aromatic rings. The van der Waals surface area contributed by atoms with Crippen LogP contribution in [0.1, 0.15) is 24.5 Å². The van der Waals surface area contributed by atoms with E-state index in [-0.39, 0.29) is 11.4 Å². The number of aliphatic imine (C=N–C) groups is 1. The van der Waals surface area contributed by atoms with Crippen LogP contribution < -0.4 is 4.74 Å². The molecule has 0 aliphatic carbocycles. The average molecular weight is 390 g/mol. The van der Waals surface area contributed by atoms with E-state index in [4.69, 9.17) is 10.1 Å². The summed E-state index contributed by atoms with van der Waals surface area (Å²) in [6.45, 7) is 2.47. The second kappa shape index (κ2) is 7.82. The molecule has 6 nitrogen and oxygen atoms in total. The lowest BCUT2D eigenvalue weighted by molar-refractivity contribution is -0.114. The Labute approximate surface area is 167 Å². The standard InChI is InChI=1S/C21H18N4O2S/c1-2-18-24-25-19(22)17(20(26)23-21(25)28-18)12-14-8-10-16(11-9-14)27-13-15-6-4-3-5-7-15/h3-12,22H,2,13H2,1H3. The topological polar surface area (TPSA) is 78.1 Å². The van der Waals surface area contributed by atoms with Gasteiger partial charge in [-0.25, -0.2) is 0 Å². The van der Waals surface area contributed by atoms with E-state index in [2.05, 4.69) is 10.1 Å². The number of ether oxygens (including phenoxy) is 1. The smallest absolute Gasteiger partial charge is 0.283 e. The fourth-order valence-corrected chi connectivity index (χ4v) is 3.57. The van der Waals surface area contributed by atoms with Crippen molar-refractivity contribution in [2.45, 2.75) is 20.0 Å². The first-order valence-electron chi connectivity index (χ1n) is 8.90. The SMILES string of the molecule is CCC1=NN2C(=N)C(=Cc3ccc(OCc4ccccc4)cc3)C(=O)N=C2S1. The molecule has 4 rings (SSSR count). The van der Waals surface area contributed by atoms with Gasteiger partial charge in [0, 0.05) is 0 Å². The van der Waals surface area contributed by atoms with E-state index in [1.807, 2.05) is 61.5 Å². The lowest BCUT2D eigenvalue weighted by Gasteiger charge is -2.20. The molecular formula is C21H18N4O2S. The first kappa shape index (κ1) is 18.2. The Balaban J connectivity index is 1.49. The minimum Gasteiger partial charge on any atom is -0.489 e. The Bertz CT molecular complexity index is 1010. The predicted molar refractivity (Wildman–Crippen MR) is 113 cm³/mol. The van der Waals surface area contributed by atoms with Crippen LogP contribution in [0.3, 0.4) is 0 Å². The van der Waals surface area contributed by atoms with Gasteiger partial charge in [-0.05, 0) is 47.5 Å². The van der Waals surface area contributed by atoms with Crippen LogP contribution in [0.4, 0.5) is 0 Å². The molecule has 7 heteroatoms. The monoisotopic (exact) mass is 390 g/mol. The largest absolute Gasteiger partial charge is 0.489 e. The number of rotatable bonds is 5. The number of carbonyl (C=O) groups excluding carboxylic acids is 1. The van der Waals surface area contributed by atoms with Gasteiger partial charge in [0.2, 0.25) is 5.17 Å². The van der Waals surface area contributed by atoms with Gasteiger partial charge in [0.1, 0.15) is 17.4 Å². The normalized spacial score (nSPS) is 17.5. The van der Waals surface area contributed by atoms with Gasteiger partial charge in [-0.1, -0.05) is 49.4 Å². The number of amides is 1. The van der Waals surface area contributed by atoms with Crippen LogP contribution in [-0.2, 0) is 11.4 Å². The van der Waals surface area contributed by atoms with E-state index >= 15 is 0 Å². The summed E-state index contributed by atoms with van der Waals surface area (Å²) in [6.07, 6.45) is 2.40. The Morgan fingerprint density at radius 3 is 2.61 bits per heavy atom. The van der Waals surface area contributed by atoms with Crippen molar-refractivity contribution in [3.05, 3.63) is 71.3 Å². The summed E-state index contributed by atoms with van der Waals surface area (Å²) < 4.78 is 5.78. The van der Waals surface area contributed by atoms with Crippen LogP contribution in [0.2, 0.25) is 0 Å². The van der Waals surface area contributed by atoms with Crippen molar-refractivity contribution in [1.29, 1.82) is 5.41 Å². The second-order valence-corrected chi connectivity index (χ2v) is 7.25. The Hall–Kier alpha value is -3.19. The third kappa shape index (κ3) is 3.75. The van der Waals surface area contributed by atoms with Crippen molar-refractivity contribution in [2.24, 2.45) is 10.1 Å². The van der Waals surface area contributed by atoms with Crippen LogP contribution >= 0.6 is 11.8 Å². The molecule has 140 valence electrons. The number of benzene rings is 2. The van der Waals surface area contributed by atoms with Crippen LogP contribution in [0, 0.1) is 5.41 Å². The van der Waals surface area contributed by atoms with Gasteiger partial charge in [0.05, 0.1) is 5.57 Å². The quantitative estimate of drug-likeness (QED) is 0.773. The van der Waals surface area contributed by atoms with Crippen molar-refractivity contribution in [3.63, 3.8) is 0 Å². The zero-order chi connectivity index (χ0) is 19.5. The number of carbonyl (C=O) groups is 1. The van der Waals surface area contributed by atoms with Crippen LogP contribution in [0.15, 0.2) is 70.3 Å². The fraction of sp³-hybridized carbons (Fsp3) is 0.143. The van der Waals surface area contributed by atoms with Crippen LogP contribution in [0.5, 0.6) is 5.75 Å². The number of amidine groups is 2. The first-order chi connectivity index (χ1) is 13.6. The van der Waals surface area contributed by atoms with Crippen LogP contribution in [-0.4, -0.2) is 27.0 Å². The minimum absolute atomic E-state index is 0.0513. The molecule has 0 fully saturated rings. The minimum atomic E-state index is -0.416. The summed E-state index contributed by atoms with van der Waals surface area (Å²) in [6, 6.07) is 17.3. The fourth-order valence-electron chi connectivity index (χ4n) is 2.74. The molecule has 0 saturated carbocycles. The number of hydrogen-bond donors (Lipinski definition) is 1. The number of nitrogens with one attached hydrogen (secondary N) is 1. The zero-order valence-electron chi connectivity index (χ0n) is 15.3. The highest BCUT2D eigenvalue weighted by atomic mass is 32.2. The number of thioether (sulfide) groups is 1. The third-order valence-corrected chi connectivity index (χ3v) is 5.29. The summed E-state index contributed by atoms with van der Waals surface area (Å²) in [5.41, 5.74) is 2.12. The number of fused-ring (bicyclic) bond motifs is 1. The van der Waals surface area contributed by atoms with Gasteiger partial charge < -0.3 is 4.74 Å². The summed E-state index contributed by atoms with van der Waals surface area (Å²) in [5.74, 6) is 0.376. The molecule has 2 aromatic carbocycles. The maximum atomic E-state index is 12.4. The van der Waals surface area contributed by atoms with Crippen LogP contribution in [0.25, 0.3) is 6.08 Å². The van der Waals surface area contributed by atoms with Gasteiger partial charge in [0.25, 0.3) is 5.91 Å².